The van der Waals surface area contributed by atoms with Crippen LogP contribution in [0.3, 0.4) is 0 Å². The standard InChI is InChI=1S/C9H10INO2/c1-12-9-8(13-7-2-3-7)4-6(10)5-11-9/h4-5,7H,2-3H2,1H3. The Bertz CT molecular complexity index is 312. The van der Waals surface area contributed by atoms with Crippen molar-refractivity contribution in [3.05, 3.63) is 15.8 Å². The summed E-state index contributed by atoms with van der Waals surface area (Å²) in [5.74, 6) is 1.34. The first-order valence-corrected chi connectivity index (χ1v) is 5.23. The smallest absolute Gasteiger partial charge is 0.256 e. The zero-order chi connectivity index (χ0) is 9.26. The average molecular weight is 291 g/mol. The highest BCUT2D eigenvalue weighted by molar-refractivity contribution is 14.1. The molecule has 0 aromatic carbocycles. The van der Waals surface area contributed by atoms with Crippen LogP contribution in [0.15, 0.2) is 12.3 Å². The molecular weight excluding hydrogens is 281 g/mol. The Hall–Kier alpha value is -0.520. The first kappa shape index (κ1) is 9.05. The van der Waals surface area contributed by atoms with E-state index in [2.05, 4.69) is 27.6 Å². The van der Waals surface area contributed by atoms with Crippen molar-refractivity contribution in [2.24, 2.45) is 0 Å². The van der Waals surface area contributed by atoms with Crippen molar-refractivity contribution in [1.29, 1.82) is 0 Å². The van der Waals surface area contributed by atoms with Crippen LogP contribution in [0.1, 0.15) is 12.8 Å². The molecule has 70 valence electrons. The maximum absolute atomic E-state index is 5.64. The van der Waals surface area contributed by atoms with Crippen LogP contribution in [0.25, 0.3) is 0 Å². The van der Waals surface area contributed by atoms with Crippen LogP contribution in [0, 0.1) is 3.57 Å². The summed E-state index contributed by atoms with van der Waals surface area (Å²) >= 11 is 2.21. The monoisotopic (exact) mass is 291 g/mol. The summed E-state index contributed by atoms with van der Waals surface area (Å²) in [5, 5.41) is 0. The van der Waals surface area contributed by atoms with E-state index >= 15 is 0 Å². The van der Waals surface area contributed by atoms with Crippen LogP contribution in [-0.4, -0.2) is 18.2 Å². The lowest BCUT2D eigenvalue weighted by Gasteiger charge is -2.08. The summed E-state index contributed by atoms with van der Waals surface area (Å²) in [6.07, 6.45) is 4.44. The molecule has 0 spiro atoms. The van der Waals surface area contributed by atoms with Crippen molar-refractivity contribution in [2.75, 3.05) is 7.11 Å². The second-order valence-electron chi connectivity index (χ2n) is 2.98. The lowest BCUT2D eigenvalue weighted by Crippen LogP contribution is -2.00. The topological polar surface area (TPSA) is 31.4 Å². The summed E-state index contributed by atoms with van der Waals surface area (Å²) in [4.78, 5) is 4.12. The van der Waals surface area contributed by atoms with Gasteiger partial charge in [0.25, 0.3) is 5.88 Å². The molecule has 1 fully saturated rings. The minimum atomic E-state index is 0.383. The highest BCUT2D eigenvalue weighted by Crippen LogP contribution is 2.32. The zero-order valence-electron chi connectivity index (χ0n) is 7.29. The van der Waals surface area contributed by atoms with E-state index in [9.17, 15) is 0 Å². The average Bonchev–Trinajstić information content (AvgIpc) is 2.89. The fraction of sp³-hybridized carbons (Fsp3) is 0.444. The molecule has 4 heteroatoms. The Morgan fingerprint density at radius 3 is 2.92 bits per heavy atom. The van der Waals surface area contributed by atoms with Gasteiger partial charge in [0.05, 0.1) is 13.2 Å². The van der Waals surface area contributed by atoms with Crippen LogP contribution in [-0.2, 0) is 0 Å². The fourth-order valence-electron chi connectivity index (χ4n) is 1.01. The van der Waals surface area contributed by atoms with Gasteiger partial charge in [0.2, 0.25) is 0 Å². The van der Waals surface area contributed by atoms with Crippen molar-refractivity contribution >= 4 is 22.6 Å². The molecule has 0 saturated heterocycles. The van der Waals surface area contributed by atoms with E-state index < -0.39 is 0 Å². The lowest BCUT2D eigenvalue weighted by molar-refractivity contribution is 0.276. The van der Waals surface area contributed by atoms with Gasteiger partial charge in [-0.05, 0) is 35.4 Å². The molecule has 1 aliphatic carbocycles. The second kappa shape index (κ2) is 3.69. The lowest BCUT2D eigenvalue weighted by atomic mass is 10.4. The first-order chi connectivity index (χ1) is 6.29. The first-order valence-electron chi connectivity index (χ1n) is 4.16. The van der Waals surface area contributed by atoms with Crippen molar-refractivity contribution in [2.45, 2.75) is 18.9 Å². The van der Waals surface area contributed by atoms with Crippen LogP contribution in [0.4, 0.5) is 0 Å². The number of rotatable bonds is 3. The third-order valence-electron chi connectivity index (χ3n) is 1.80. The van der Waals surface area contributed by atoms with Crippen LogP contribution >= 0.6 is 22.6 Å². The van der Waals surface area contributed by atoms with Gasteiger partial charge in [-0.1, -0.05) is 0 Å². The minimum absolute atomic E-state index is 0.383. The van der Waals surface area contributed by atoms with Crippen molar-refractivity contribution in [1.82, 2.24) is 4.98 Å². The molecule has 1 aromatic rings. The van der Waals surface area contributed by atoms with Gasteiger partial charge in [0, 0.05) is 15.8 Å². The number of ether oxygens (including phenoxy) is 2. The molecule has 3 nitrogen and oxygen atoms in total. The largest absolute Gasteiger partial charge is 0.485 e. The number of aromatic nitrogens is 1. The summed E-state index contributed by atoms with van der Waals surface area (Å²) < 4.78 is 11.8. The number of hydrogen-bond donors (Lipinski definition) is 0. The minimum Gasteiger partial charge on any atom is -0.485 e. The molecule has 1 heterocycles. The van der Waals surface area contributed by atoms with Crippen LogP contribution in [0.5, 0.6) is 11.6 Å². The second-order valence-corrected chi connectivity index (χ2v) is 4.22. The molecule has 1 saturated carbocycles. The molecule has 13 heavy (non-hydrogen) atoms. The molecule has 0 aliphatic heterocycles. The predicted octanol–water partition coefficient (Wildman–Crippen LogP) is 2.24. The molecule has 1 aliphatic rings. The van der Waals surface area contributed by atoms with E-state index in [1.54, 1.807) is 13.3 Å². The SMILES string of the molecule is COc1ncc(I)cc1OC1CC1. The van der Waals surface area contributed by atoms with Gasteiger partial charge in [-0.25, -0.2) is 4.98 Å². The van der Waals surface area contributed by atoms with Gasteiger partial charge in [-0.15, -0.1) is 0 Å². The molecule has 0 atom stereocenters. The van der Waals surface area contributed by atoms with Gasteiger partial charge < -0.3 is 9.47 Å². The molecule has 0 unspecified atom stereocenters. The Morgan fingerprint density at radius 2 is 2.31 bits per heavy atom. The van der Waals surface area contributed by atoms with E-state index in [4.69, 9.17) is 9.47 Å². The van der Waals surface area contributed by atoms with E-state index in [1.165, 1.54) is 0 Å². The highest BCUT2D eigenvalue weighted by atomic mass is 127. The zero-order valence-corrected chi connectivity index (χ0v) is 9.45. The number of hydrogen-bond acceptors (Lipinski definition) is 3. The molecule has 2 rings (SSSR count). The molecule has 1 aromatic heterocycles. The third kappa shape index (κ3) is 2.24. The highest BCUT2D eigenvalue weighted by Gasteiger charge is 2.25. The molecule has 0 N–H and O–H groups in total. The van der Waals surface area contributed by atoms with E-state index in [0.29, 0.717) is 12.0 Å². The Morgan fingerprint density at radius 1 is 1.54 bits per heavy atom. The van der Waals surface area contributed by atoms with Crippen LogP contribution < -0.4 is 9.47 Å². The number of pyridine rings is 1. The fourth-order valence-corrected chi connectivity index (χ4v) is 1.43. The van der Waals surface area contributed by atoms with Crippen LogP contribution in [0.2, 0.25) is 0 Å². The van der Waals surface area contributed by atoms with Gasteiger partial charge in [0.15, 0.2) is 5.75 Å². The van der Waals surface area contributed by atoms with E-state index in [-0.39, 0.29) is 0 Å². The van der Waals surface area contributed by atoms with Gasteiger partial charge in [0.1, 0.15) is 0 Å². The van der Waals surface area contributed by atoms with Crippen molar-refractivity contribution < 1.29 is 9.47 Å². The molecule has 0 bridgehead atoms. The number of methoxy groups -OCH3 is 1. The maximum Gasteiger partial charge on any atom is 0.256 e. The molecular formula is C9H10INO2. The van der Waals surface area contributed by atoms with E-state index in [1.807, 2.05) is 6.07 Å². The van der Waals surface area contributed by atoms with E-state index in [0.717, 1.165) is 22.2 Å². The molecule has 0 amide bonds. The predicted molar refractivity (Wildman–Crippen MR) is 57.2 cm³/mol. The quantitative estimate of drug-likeness (QED) is 0.800. The Balaban J connectivity index is 2.22. The number of halogens is 1. The van der Waals surface area contributed by atoms with Gasteiger partial charge >= 0.3 is 0 Å². The van der Waals surface area contributed by atoms with Gasteiger partial charge in [-0.2, -0.15) is 0 Å². The van der Waals surface area contributed by atoms with Crippen molar-refractivity contribution in [3.8, 4) is 11.6 Å². The maximum atomic E-state index is 5.64. The normalized spacial score (nSPS) is 15.5. The summed E-state index contributed by atoms with van der Waals surface area (Å²) in [5.41, 5.74) is 0. The summed E-state index contributed by atoms with van der Waals surface area (Å²) in [6, 6.07) is 1.95. The van der Waals surface area contributed by atoms with Gasteiger partial charge in [-0.3, -0.25) is 0 Å². The Labute approximate surface area is 90.6 Å². The summed E-state index contributed by atoms with van der Waals surface area (Å²) in [7, 11) is 1.61. The third-order valence-corrected chi connectivity index (χ3v) is 2.39. The molecule has 0 radical (unpaired) electrons. The number of nitrogens with zero attached hydrogens (tertiary/aromatic N) is 1. The summed E-state index contributed by atoms with van der Waals surface area (Å²) in [6.45, 7) is 0. The Kier molecular flexibility index (Phi) is 2.57. The van der Waals surface area contributed by atoms with Crippen molar-refractivity contribution in [3.63, 3.8) is 0 Å².